The number of carbonyl (C=O) groups is 1. The third kappa shape index (κ3) is 2.02. The van der Waals surface area contributed by atoms with Crippen LogP contribution >= 0.6 is 11.8 Å². The molecule has 2 rings (SSSR count). The fraction of sp³-hybridized carbons (Fsp3) is 0. The lowest BCUT2D eigenvalue weighted by atomic mass is 10.2. The molecule has 0 saturated heterocycles. The molecule has 1 aromatic heterocycles. The lowest BCUT2D eigenvalue weighted by Crippen LogP contribution is -2.02. The molecule has 4 nitrogen and oxygen atoms in total. The fourth-order valence-electron chi connectivity index (χ4n) is 1.21. The van der Waals surface area contributed by atoms with E-state index >= 15 is 0 Å². The van der Waals surface area contributed by atoms with Gasteiger partial charge in [0.15, 0.2) is 0 Å². The Bertz CT molecular complexity index is 573. The van der Waals surface area contributed by atoms with Crippen LogP contribution < -0.4 is 5.63 Å². The number of rotatable bonds is 1. The number of hydrogen-bond donors (Lipinski definition) is 1. The quantitative estimate of drug-likeness (QED) is 0.593. The van der Waals surface area contributed by atoms with Gasteiger partial charge in [0.2, 0.25) is 0 Å². The van der Waals surface area contributed by atoms with Crippen LogP contribution in [0.4, 0.5) is 4.79 Å². The Morgan fingerprint density at radius 1 is 1.33 bits per heavy atom. The Morgan fingerprint density at radius 2 is 2.07 bits per heavy atom. The van der Waals surface area contributed by atoms with Gasteiger partial charge in [-0.15, -0.1) is 0 Å². The highest BCUT2D eigenvalue weighted by Gasteiger charge is 2.09. The van der Waals surface area contributed by atoms with Crippen LogP contribution in [0, 0.1) is 0 Å². The predicted molar refractivity (Wildman–Crippen MR) is 56.4 cm³/mol. The summed E-state index contributed by atoms with van der Waals surface area (Å²) in [5, 5.41) is 8.13. The summed E-state index contributed by atoms with van der Waals surface area (Å²) in [4.78, 5) is 21.8. The molecule has 1 aromatic carbocycles. The normalized spacial score (nSPS) is 10.4. The minimum atomic E-state index is -1.13. The third-order valence-corrected chi connectivity index (χ3v) is 2.49. The Kier molecular flexibility index (Phi) is 2.47. The number of thioether (sulfide) groups is 1. The molecule has 0 saturated carbocycles. The molecule has 0 fully saturated rings. The first-order valence-corrected chi connectivity index (χ1v) is 4.92. The van der Waals surface area contributed by atoms with Crippen molar-refractivity contribution in [2.24, 2.45) is 0 Å². The largest absolute Gasteiger partial charge is 0.473 e. The molecule has 0 amide bonds. The van der Waals surface area contributed by atoms with Gasteiger partial charge in [-0.3, -0.25) is 0 Å². The van der Waals surface area contributed by atoms with Gasteiger partial charge in [0.1, 0.15) is 10.5 Å². The zero-order chi connectivity index (χ0) is 10.8. The first kappa shape index (κ1) is 9.79. The van der Waals surface area contributed by atoms with E-state index in [0.717, 1.165) is 0 Å². The van der Waals surface area contributed by atoms with Crippen LogP contribution in [0.1, 0.15) is 0 Å². The predicted octanol–water partition coefficient (Wildman–Crippen LogP) is 2.56. The average Bonchev–Trinajstić information content (AvgIpc) is 2.18. The van der Waals surface area contributed by atoms with Gasteiger partial charge in [0.05, 0.1) is 0 Å². The smallest absolute Gasteiger partial charge is 0.369 e. The average molecular weight is 222 g/mol. The molecular weight excluding hydrogens is 216 g/mol. The van der Waals surface area contributed by atoms with Crippen LogP contribution in [-0.2, 0) is 0 Å². The van der Waals surface area contributed by atoms with Crippen LogP contribution in [-0.4, -0.2) is 10.4 Å². The van der Waals surface area contributed by atoms with Crippen LogP contribution in [0.2, 0.25) is 0 Å². The number of carboxylic acid groups (broad SMARTS) is 1. The molecule has 1 N–H and O–H groups in total. The van der Waals surface area contributed by atoms with Crippen molar-refractivity contribution in [1.29, 1.82) is 0 Å². The Balaban J connectivity index is 2.62. The van der Waals surface area contributed by atoms with Crippen LogP contribution in [0.5, 0.6) is 0 Å². The molecule has 5 heteroatoms. The second-order valence-electron chi connectivity index (χ2n) is 2.80. The van der Waals surface area contributed by atoms with E-state index < -0.39 is 10.9 Å². The van der Waals surface area contributed by atoms with Crippen LogP contribution in [0.25, 0.3) is 11.0 Å². The van der Waals surface area contributed by atoms with Crippen LogP contribution in [0.15, 0.2) is 44.4 Å². The number of para-hydroxylation sites is 1. The zero-order valence-corrected chi connectivity index (χ0v) is 8.28. The summed E-state index contributed by atoms with van der Waals surface area (Å²) < 4.78 is 4.95. The van der Waals surface area contributed by atoms with Gasteiger partial charge in [-0.1, -0.05) is 18.2 Å². The molecule has 0 aliphatic heterocycles. The van der Waals surface area contributed by atoms with Gasteiger partial charge in [-0.2, -0.15) is 0 Å². The fourth-order valence-corrected chi connectivity index (χ4v) is 1.71. The molecule has 0 aliphatic rings. The molecule has 0 unspecified atom stereocenters. The maximum atomic E-state index is 11.3. The first-order chi connectivity index (χ1) is 7.16. The molecule has 0 radical (unpaired) electrons. The van der Waals surface area contributed by atoms with E-state index in [1.807, 2.05) is 0 Å². The van der Waals surface area contributed by atoms with E-state index in [4.69, 9.17) is 9.52 Å². The molecule has 76 valence electrons. The molecular formula is C10H6O4S. The minimum absolute atomic E-state index is 0.0844. The molecule has 0 aliphatic carbocycles. The molecule has 15 heavy (non-hydrogen) atoms. The summed E-state index contributed by atoms with van der Waals surface area (Å²) in [6.45, 7) is 0. The molecule has 2 aromatic rings. The van der Waals surface area contributed by atoms with E-state index in [-0.39, 0.29) is 4.90 Å². The second-order valence-corrected chi connectivity index (χ2v) is 3.80. The topological polar surface area (TPSA) is 67.5 Å². The lowest BCUT2D eigenvalue weighted by molar-refractivity contribution is 0.222. The van der Waals surface area contributed by atoms with Crippen molar-refractivity contribution >= 4 is 28.0 Å². The van der Waals surface area contributed by atoms with Gasteiger partial charge in [0, 0.05) is 17.1 Å². The van der Waals surface area contributed by atoms with Crippen molar-refractivity contribution in [2.75, 3.05) is 0 Å². The maximum absolute atomic E-state index is 11.3. The second kappa shape index (κ2) is 3.78. The number of hydrogen-bond acceptors (Lipinski definition) is 4. The summed E-state index contributed by atoms with van der Waals surface area (Å²) in [6, 6.07) is 8.46. The summed E-state index contributed by atoms with van der Waals surface area (Å²) in [5.41, 5.74) is -0.168. The number of benzene rings is 1. The lowest BCUT2D eigenvalue weighted by Gasteiger charge is -1.98. The van der Waals surface area contributed by atoms with Crippen molar-refractivity contribution in [3.63, 3.8) is 0 Å². The maximum Gasteiger partial charge on any atom is 0.369 e. The molecule has 1 heterocycles. The Labute approximate surface area is 88.5 Å². The Hall–Kier alpha value is -1.75. The van der Waals surface area contributed by atoms with E-state index in [9.17, 15) is 9.59 Å². The summed E-state index contributed by atoms with van der Waals surface area (Å²) in [5.74, 6) is 0. The number of fused-ring (bicyclic) bond motifs is 1. The Morgan fingerprint density at radius 3 is 2.80 bits per heavy atom. The zero-order valence-electron chi connectivity index (χ0n) is 7.47. The van der Waals surface area contributed by atoms with Crippen molar-refractivity contribution in [2.45, 2.75) is 4.90 Å². The first-order valence-electron chi connectivity index (χ1n) is 4.10. The van der Waals surface area contributed by atoms with E-state index in [0.29, 0.717) is 22.7 Å². The van der Waals surface area contributed by atoms with E-state index in [2.05, 4.69) is 0 Å². The highest BCUT2D eigenvalue weighted by Crippen LogP contribution is 2.19. The SMILES string of the molecule is O=C(O)Sc1cc2ccccc2oc1=O. The van der Waals surface area contributed by atoms with Gasteiger partial charge in [-0.05, 0) is 12.1 Å². The van der Waals surface area contributed by atoms with E-state index in [1.165, 1.54) is 6.07 Å². The third-order valence-electron chi connectivity index (χ3n) is 1.81. The minimum Gasteiger partial charge on any atom is -0.473 e. The molecule has 0 spiro atoms. The van der Waals surface area contributed by atoms with Crippen molar-refractivity contribution in [1.82, 2.24) is 0 Å². The van der Waals surface area contributed by atoms with E-state index in [1.54, 1.807) is 24.3 Å². The molecule has 0 bridgehead atoms. The van der Waals surface area contributed by atoms with Crippen LogP contribution in [0.3, 0.4) is 0 Å². The standard InChI is InChI=1S/C10H6O4S/c11-9-8(15-10(12)13)5-6-3-1-2-4-7(6)14-9/h1-5H,(H,12,13). The highest BCUT2D eigenvalue weighted by atomic mass is 32.2. The summed E-state index contributed by atoms with van der Waals surface area (Å²) in [6.07, 6.45) is 0. The van der Waals surface area contributed by atoms with Crippen molar-refractivity contribution < 1.29 is 14.3 Å². The van der Waals surface area contributed by atoms with Gasteiger partial charge < -0.3 is 9.52 Å². The van der Waals surface area contributed by atoms with Crippen molar-refractivity contribution in [3.05, 3.63) is 40.8 Å². The van der Waals surface area contributed by atoms with Gasteiger partial charge >= 0.3 is 10.9 Å². The molecule has 0 atom stereocenters. The van der Waals surface area contributed by atoms with Gasteiger partial charge in [-0.25, -0.2) is 9.59 Å². The van der Waals surface area contributed by atoms with Gasteiger partial charge in [0.25, 0.3) is 0 Å². The summed E-state index contributed by atoms with van der Waals surface area (Å²) >= 11 is 0.450. The highest BCUT2D eigenvalue weighted by molar-refractivity contribution is 8.13. The summed E-state index contributed by atoms with van der Waals surface area (Å²) in [7, 11) is 0. The van der Waals surface area contributed by atoms with Crippen molar-refractivity contribution in [3.8, 4) is 0 Å². The monoisotopic (exact) mass is 222 g/mol.